The van der Waals surface area contributed by atoms with Crippen molar-refractivity contribution in [2.24, 2.45) is 40.4 Å². The minimum Gasteiger partial charge on any atom is -0.458 e. The van der Waals surface area contributed by atoms with Crippen molar-refractivity contribution >= 4 is 17.5 Å². The monoisotopic (exact) mass is 374 g/mol. The van der Waals surface area contributed by atoms with E-state index in [9.17, 15) is 14.4 Å². The van der Waals surface area contributed by atoms with Crippen LogP contribution in [0.3, 0.4) is 0 Å². The first-order valence-electron chi connectivity index (χ1n) is 10.9. The van der Waals surface area contributed by atoms with E-state index >= 15 is 0 Å². The standard InChI is InChI=1S/C23H34O4/c1-14(24)27-13-21(26)20-7-6-18-17-5-4-15-12-16(25)8-10-22(15,2)19(17)9-11-23(18,20)3/h15,17-20H,4-13H2,1-3H3/t15-,17?,18?,19?,20?,22-,23-/m0/s1. The van der Waals surface area contributed by atoms with Crippen LogP contribution in [0.2, 0.25) is 0 Å². The van der Waals surface area contributed by atoms with Crippen molar-refractivity contribution in [3.8, 4) is 0 Å². The van der Waals surface area contributed by atoms with Crippen LogP contribution in [0.4, 0.5) is 0 Å². The lowest BCUT2D eigenvalue weighted by Gasteiger charge is -2.60. The van der Waals surface area contributed by atoms with Crippen molar-refractivity contribution in [1.82, 2.24) is 0 Å². The zero-order chi connectivity index (χ0) is 19.4. The van der Waals surface area contributed by atoms with Gasteiger partial charge in [-0.05, 0) is 79.4 Å². The number of rotatable bonds is 3. The van der Waals surface area contributed by atoms with Crippen LogP contribution >= 0.6 is 0 Å². The van der Waals surface area contributed by atoms with E-state index in [1.165, 1.54) is 26.2 Å². The van der Waals surface area contributed by atoms with Crippen LogP contribution in [0.5, 0.6) is 0 Å². The molecule has 0 aliphatic heterocycles. The highest BCUT2D eigenvalue weighted by atomic mass is 16.5. The summed E-state index contributed by atoms with van der Waals surface area (Å²) < 4.78 is 5.02. The predicted molar refractivity (Wildman–Crippen MR) is 102 cm³/mol. The molecule has 0 amide bonds. The first kappa shape index (κ1) is 19.1. The van der Waals surface area contributed by atoms with Crippen LogP contribution in [0, 0.1) is 40.4 Å². The van der Waals surface area contributed by atoms with E-state index < -0.39 is 0 Å². The topological polar surface area (TPSA) is 60.4 Å². The summed E-state index contributed by atoms with van der Waals surface area (Å²) in [5, 5.41) is 0. The third-order valence-corrected chi connectivity index (χ3v) is 9.29. The molecule has 27 heavy (non-hydrogen) atoms. The van der Waals surface area contributed by atoms with Gasteiger partial charge < -0.3 is 4.74 Å². The molecular weight excluding hydrogens is 340 g/mol. The molecule has 0 saturated heterocycles. The van der Waals surface area contributed by atoms with E-state index in [2.05, 4.69) is 13.8 Å². The lowest BCUT2D eigenvalue weighted by atomic mass is 9.44. The van der Waals surface area contributed by atoms with Gasteiger partial charge in [-0.25, -0.2) is 0 Å². The molecule has 0 spiro atoms. The molecule has 0 aromatic heterocycles. The van der Waals surface area contributed by atoms with Crippen LogP contribution in [0.15, 0.2) is 0 Å². The van der Waals surface area contributed by atoms with Crippen molar-refractivity contribution in [2.45, 2.75) is 78.6 Å². The second-order valence-corrected chi connectivity index (χ2v) is 10.3. The van der Waals surface area contributed by atoms with Gasteiger partial charge >= 0.3 is 5.97 Å². The quantitative estimate of drug-likeness (QED) is 0.689. The Bertz CT molecular complexity index is 655. The minimum absolute atomic E-state index is 0.0428. The van der Waals surface area contributed by atoms with Crippen LogP contribution in [-0.2, 0) is 19.1 Å². The molecule has 4 heteroatoms. The summed E-state index contributed by atoms with van der Waals surface area (Å²) in [6, 6.07) is 0. The first-order chi connectivity index (χ1) is 12.8. The van der Waals surface area contributed by atoms with E-state index in [0.29, 0.717) is 34.9 Å². The third-order valence-electron chi connectivity index (χ3n) is 9.29. The molecule has 4 nitrogen and oxygen atoms in total. The van der Waals surface area contributed by atoms with Gasteiger partial charge in [-0.1, -0.05) is 13.8 Å². The number of ketones is 2. The lowest BCUT2D eigenvalue weighted by molar-refractivity contribution is -0.151. The number of fused-ring (bicyclic) bond motifs is 5. The first-order valence-corrected chi connectivity index (χ1v) is 10.9. The number of hydrogen-bond acceptors (Lipinski definition) is 4. The average molecular weight is 375 g/mol. The normalized spacial score (nSPS) is 46.2. The van der Waals surface area contributed by atoms with E-state index in [-0.39, 0.29) is 29.7 Å². The second-order valence-electron chi connectivity index (χ2n) is 10.3. The summed E-state index contributed by atoms with van der Waals surface area (Å²) >= 11 is 0. The van der Waals surface area contributed by atoms with Gasteiger partial charge in [-0.15, -0.1) is 0 Å². The van der Waals surface area contributed by atoms with Crippen molar-refractivity contribution in [3.05, 3.63) is 0 Å². The highest BCUT2D eigenvalue weighted by Crippen LogP contribution is 2.67. The van der Waals surface area contributed by atoms with Gasteiger partial charge in [0.05, 0.1) is 0 Å². The largest absolute Gasteiger partial charge is 0.458 e. The fourth-order valence-electron chi connectivity index (χ4n) is 7.85. The Kier molecular flexibility index (Phi) is 4.75. The Balaban J connectivity index is 1.53. The number of carbonyl (C=O) groups excluding carboxylic acids is 3. The molecule has 0 aromatic carbocycles. The van der Waals surface area contributed by atoms with Gasteiger partial charge in [0.25, 0.3) is 0 Å². The number of ether oxygens (including phenoxy) is 1. The molecule has 4 saturated carbocycles. The van der Waals surface area contributed by atoms with Crippen molar-refractivity contribution in [1.29, 1.82) is 0 Å². The second kappa shape index (κ2) is 6.70. The zero-order valence-electron chi connectivity index (χ0n) is 17.1. The van der Waals surface area contributed by atoms with Gasteiger partial charge in [0.15, 0.2) is 5.78 Å². The maximum Gasteiger partial charge on any atom is 0.303 e. The smallest absolute Gasteiger partial charge is 0.303 e. The number of hydrogen-bond donors (Lipinski definition) is 0. The molecule has 4 aliphatic rings. The summed E-state index contributed by atoms with van der Waals surface area (Å²) in [6.45, 7) is 6.10. The minimum atomic E-state index is -0.371. The molecule has 0 heterocycles. The van der Waals surface area contributed by atoms with Gasteiger partial charge in [0, 0.05) is 25.7 Å². The molecular formula is C23H34O4. The fourth-order valence-corrected chi connectivity index (χ4v) is 7.85. The predicted octanol–water partition coefficient (Wildman–Crippen LogP) is 4.35. The molecule has 0 bridgehead atoms. The summed E-state index contributed by atoms with van der Waals surface area (Å²) in [4.78, 5) is 35.9. The highest BCUT2D eigenvalue weighted by Gasteiger charge is 2.61. The van der Waals surface area contributed by atoms with Crippen LogP contribution in [0.1, 0.15) is 78.6 Å². The zero-order valence-corrected chi connectivity index (χ0v) is 17.1. The maximum atomic E-state index is 12.8. The third kappa shape index (κ3) is 2.98. The van der Waals surface area contributed by atoms with E-state index in [0.717, 1.165) is 38.5 Å². The molecule has 4 rings (SSSR count). The number of Topliss-reactive ketones (excluding diaryl/α,β-unsaturated/α-hetero) is 2. The lowest BCUT2D eigenvalue weighted by Crippen LogP contribution is -2.54. The number of carbonyl (C=O) groups is 3. The molecule has 150 valence electrons. The van der Waals surface area contributed by atoms with Crippen molar-refractivity contribution in [3.63, 3.8) is 0 Å². The van der Waals surface area contributed by atoms with Crippen molar-refractivity contribution in [2.75, 3.05) is 6.61 Å². The van der Waals surface area contributed by atoms with E-state index in [4.69, 9.17) is 4.74 Å². The molecule has 4 aliphatic carbocycles. The fraction of sp³-hybridized carbons (Fsp3) is 0.870. The summed E-state index contributed by atoms with van der Waals surface area (Å²) in [5.41, 5.74) is 0.379. The Morgan fingerprint density at radius 1 is 1.00 bits per heavy atom. The summed E-state index contributed by atoms with van der Waals surface area (Å²) in [7, 11) is 0. The van der Waals surface area contributed by atoms with Gasteiger partial charge in [-0.2, -0.15) is 0 Å². The van der Waals surface area contributed by atoms with E-state index in [1.54, 1.807) is 0 Å². The van der Waals surface area contributed by atoms with Crippen LogP contribution < -0.4 is 0 Å². The molecule has 4 fully saturated rings. The average Bonchev–Trinajstić information content (AvgIpc) is 2.97. The SMILES string of the molecule is CC(=O)OCC(=O)C1CCC2C3CC[C@H]4CC(=O)CC[C@]4(C)C3CC[C@]12C. The van der Waals surface area contributed by atoms with Gasteiger partial charge in [0.2, 0.25) is 0 Å². The molecule has 7 atom stereocenters. The van der Waals surface area contributed by atoms with Crippen molar-refractivity contribution < 1.29 is 19.1 Å². The number of esters is 1. The maximum absolute atomic E-state index is 12.8. The summed E-state index contributed by atoms with van der Waals surface area (Å²) in [6.07, 6.45) is 9.41. The Morgan fingerprint density at radius 2 is 1.74 bits per heavy atom. The molecule has 0 radical (unpaired) electrons. The molecule has 0 aromatic rings. The van der Waals surface area contributed by atoms with Gasteiger partial charge in [0.1, 0.15) is 12.4 Å². The Labute approximate surface area is 162 Å². The Morgan fingerprint density at radius 3 is 2.48 bits per heavy atom. The van der Waals surface area contributed by atoms with Crippen LogP contribution in [-0.4, -0.2) is 24.1 Å². The van der Waals surface area contributed by atoms with Gasteiger partial charge in [-0.3, -0.25) is 14.4 Å². The molecule has 4 unspecified atom stereocenters. The molecule has 0 N–H and O–H groups in total. The van der Waals surface area contributed by atoms with E-state index in [1.807, 2.05) is 0 Å². The van der Waals surface area contributed by atoms with Crippen LogP contribution in [0.25, 0.3) is 0 Å². The highest BCUT2D eigenvalue weighted by molar-refractivity contribution is 5.85. The summed E-state index contributed by atoms with van der Waals surface area (Å²) in [5.74, 6) is 2.86. The Hall–Kier alpha value is -1.19.